The molecule has 4 heteroatoms. The molecule has 86 valence electrons. The van der Waals surface area contributed by atoms with Crippen LogP contribution < -0.4 is 10.0 Å². The Hall–Kier alpha value is -1.84. The van der Waals surface area contributed by atoms with E-state index in [1.165, 1.54) is 11.4 Å². The number of rotatable bonds is 3. The van der Waals surface area contributed by atoms with E-state index < -0.39 is 0 Å². The molecule has 0 N–H and O–H groups in total. The first-order chi connectivity index (χ1) is 7.61. The van der Waals surface area contributed by atoms with Crippen LogP contribution in [0.5, 0.6) is 0 Å². The van der Waals surface area contributed by atoms with Gasteiger partial charge in [-0.05, 0) is 24.3 Å². The first kappa shape index (κ1) is 10.7. The molecule has 0 saturated carbocycles. The summed E-state index contributed by atoms with van der Waals surface area (Å²) in [6.07, 6.45) is 4.12. The summed E-state index contributed by atoms with van der Waals surface area (Å²) in [7, 11) is 8.14. The standard InChI is InChI=1S/C12H18N4/c1-13(2)15-9-5-7-11(15)12-8-6-10-16(12)14(3)4/h5-10H,1-4H3. The maximum Gasteiger partial charge on any atom is 0.0878 e. The highest BCUT2D eigenvalue weighted by Gasteiger charge is 2.10. The molecular formula is C12H18N4. The van der Waals surface area contributed by atoms with E-state index in [-0.39, 0.29) is 0 Å². The second-order valence-corrected chi connectivity index (χ2v) is 4.17. The Morgan fingerprint density at radius 2 is 1.12 bits per heavy atom. The van der Waals surface area contributed by atoms with Crippen molar-refractivity contribution in [3.8, 4) is 11.4 Å². The Balaban J connectivity index is 2.50. The second kappa shape index (κ2) is 3.96. The molecule has 2 aromatic rings. The van der Waals surface area contributed by atoms with Crippen LogP contribution in [0.1, 0.15) is 0 Å². The van der Waals surface area contributed by atoms with Crippen LogP contribution in [0.2, 0.25) is 0 Å². The molecule has 2 heterocycles. The molecule has 0 aliphatic heterocycles. The van der Waals surface area contributed by atoms with Crippen LogP contribution >= 0.6 is 0 Å². The molecule has 2 aromatic heterocycles. The predicted octanol–water partition coefficient (Wildman–Crippen LogP) is 1.35. The third kappa shape index (κ3) is 1.66. The van der Waals surface area contributed by atoms with Crippen molar-refractivity contribution >= 4 is 0 Å². The van der Waals surface area contributed by atoms with Gasteiger partial charge in [0.05, 0.1) is 11.4 Å². The van der Waals surface area contributed by atoms with Gasteiger partial charge in [-0.3, -0.25) is 9.35 Å². The van der Waals surface area contributed by atoms with Crippen molar-refractivity contribution in [3.05, 3.63) is 36.7 Å². The topological polar surface area (TPSA) is 16.3 Å². The highest BCUT2D eigenvalue weighted by atomic mass is 15.5. The summed E-state index contributed by atoms with van der Waals surface area (Å²) in [5.74, 6) is 0. The summed E-state index contributed by atoms with van der Waals surface area (Å²) in [6.45, 7) is 0. The van der Waals surface area contributed by atoms with Gasteiger partial charge in [0.15, 0.2) is 0 Å². The molecule has 4 nitrogen and oxygen atoms in total. The lowest BCUT2D eigenvalue weighted by Gasteiger charge is -2.22. The summed E-state index contributed by atoms with van der Waals surface area (Å²) < 4.78 is 4.24. The summed E-state index contributed by atoms with van der Waals surface area (Å²) in [6, 6.07) is 8.36. The van der Waals surface area contributed by atoms with Crippen molar-refractivity contribution in [2.45, 2.75) is 0 Å². The molecule has 0 unspecified atom stereocenters. The quantitative estimate of drug-likeness (QED) is 0.773. The molecule has 0 aromatic carbocycles. The van der Waals surface area contributed by atoms with E-state index >= 15 is 0 Å². The molecule has 0 saturated heterocycles. The fraction of sp³-hybridized carbons (Fsp3) is 0.333. The van der Waals surface area contributed by atoms with E-state index in [9.17, 15) is 0 Å². The van der Waals surface area contributed by atoms with Gasteiger partial charge in [-0.2, -0.15) is 0 Å². The molecule has 0 fully saturated rings. The zero-order valence-corrected chi connectivity index (χ0v) is 10.3. The number of aromatic nitrogens is 2. The summed E-state index contributed by atoms with van der Waals surface area (Å²) >= 11 is 0. The highest BCUT2D eigenvalue weighted by molar-refractivity contribution is 5.57. The molecule has 2 rings (SSSR count). The lowest BCUT2D eigenvalue weighted by molar-refractivity contribution is 0.711. The highest BCUT2D eigenvalue weighted by Crippen LogP contribution is 2.20. The van der Waals surface area contributed by atoms with Crippen LogP contribution in [0.4, 0.5) is 0 Å². The van der Waals surface area contributed by atoms with Crippen molar-refractivity contribution in [2.75, 3.05) is 38.2 Å². The number of nitrogens with zero attached hydrogens (tertiary/aromatic N) is 4. The molecule has 0 atom stereocenters. The van der Waals surface area contributed by atoms with E-state index in [0.717, 1.165) is 0 Å². The van der Waals surface area contributed by atoms with Crippen molar-refractivity contribution < 1.29 is 0 Å². The second-order valence-electron chi connectivity index (χ2n) is 4.17. The Morgan fingerprint density at radius 1 is 0.750 bits per heavy atom. The smallest absolute Gasteiger partial charge is 0.0878 e. The summed E-state index contributed by atoms with van der Waals surface area (Å²) in [5.41, 5.74) is 2.37. The zero-order chi connectivity index (χ0) is 11.7. The van der Waals surface area contributed by atoms with Gasteiger partial charge in [0, 0.05) is 40.6 Å². The number of hydrogen-bond donors (Lipinski definition) is 0. The minimum absolute atomic E-state index is 1.18. The van der Waals surface area contributed by atoms with Gasteiger partial charge in [-0.1, -0.05) is 0 Å². The van der Waals surface area contributed by atoms with Crippen LogP contribution in [-0.2, 0) is 0 Å². The Kier molecular flexibility index (Phi) is 2.64. The fourth-order valence-electron chi connectivity index (χ4n) is 1.85. The van der Waals surface area contributed by atoms with E-state index in [2.05, 4.69) is 56.0 Å². The van der Waals surface area contributed by atoms with Crippen LogP contribution in [0, 0.1) is 0 Å². The van der Waals surface area contributed by atoms with E-state index in [1.54, 1.807) is 0 Å². The van der Waals surface area contributed by atoms with E-state index in [4.69, 9.17) is 0 Å². The maximum atomic E-state index is 2.12. The van der Waals surface area contributed by atoms with Crippen molar-refractivity contribution in [3.63, 3.8) is 0 Å². The largest absolute Gasteiger partial charge is 0.319 e. The average Bonchev–Trinajstić information content (AvgIpc) is 2.85. The first-order valence-electron chi connectivity index (χ1n) is 5.31. The zero-order valence-electron chi connectivity index (χ0n) is 10.3. The van der Waals surface area contributed by atoms with Crippen molar-refractivity contribution in [2.24, 2.45) is 0 Å². The van der Waals surface area contributed by atoms with Gasteiger partial charge in [0.1, 0.15) is 0 Å². The van der Waals surface area contributed by atoms with Crippen molar-refractivity contribution in [1.82, 2.24) is 9.35 Å². The van der Waals surface area contributed by atoms with Gasteiger partial charge in [0.2, 0.25) is 0 Å². The van der Waals surface area contributed by atoms with Crippen LogP contribution in [-0.4, -0.2) is 37.5 Å². The molecule has 0 spiro atoms. The van der Waals surface area contributed by atoms with Crippen LogP contribution in [0.3, 0.4) is 0 Å². The minimum atomic E-state index is 1.18. The van der Waals surface area contributed by atoms with E-state index in [0.29, 0.717) is 0 Å². The number of hydrogen-bond acceptors (Lipinski definition) is 2. The van der Waals surface area contributed by atoms with Gasteiger partial charge in [-0.15, -0.1) is 0 Å². The van der Waals surface area contributed by atoms with Crippen molar-refractivity contribution in [1.29, 1.82) is 0 Å². The normalized spacial score (nSPS) is 10.5. The Morgan fingerprint density at radius 3 is 1.44 bits per heavy atom. The molecule has 16 heavy (non-hydrogen) atoms. The Bertz CT molecular complexity index is 421. The molecule has 0 aliphatic rings. The molecule has 0 radical (unpaired) electrons. The predicted molar refractivity (Wildman–Crippen MR) is 68.0 cm³/mol. The Labute approximate surface area is 96.2 Å². The fourth-order valence-corrected chi connectivity index (χ4v) is 1.85. The van der Waals surface area contributed by atoms with Gasteiger partial charge >= 0.3 is 0 Å². The molecule has 0 aliphatic carbocycles. The van der Waals surface area contributed by atoms with Crippen LogP contribution in [0.25, 0.3) is 11.4 Å². The summed E-state index contributed by atoms with van der Waals surface area (Å²) in [4.78, 5) is 0. The third-order valence-corrected chi connectivity index (χ3v) is 2.58. The molecule has 0 amide bonds. The third-order valence-electron chi connectivity index (χ3n) is 2.58. The monoisotopic (exact) mass is 218 g/mol. The minimum Gasteiger partial charge on any atom is -0.319 e. The maximum absolute atomic E-state index is 2.12. The first-order valence-corrected chi connectivity index (χ1v) is 5.31. The van der Waals surface area contributed by atoms with Crippen LogP contribution in [0.15, 0.2) is 36.7 Å². The SMILES string of the molecule is CN(C)n1cccc1-c1cccn1N(C)C. The molecule has 0 bridgehead atoms. The van der Waals surface area contributed by atoms with Gasteiger partial charge in [-0.25, -0.2) is 0 Å². The van der Waals surface area contributed by atoms with E-state index in [1.807, 2.05) is 28.2 Å². The average molecular weight is 218 g/mol. The molecular weight excluding hydrogens is 200 g/mol. The lowest BCUT2D eigenvalue weighted by Crippen LogP contribution is -2.28. The van der Waals surface area contributed by atoms with Gasteiger partial charge < -0.3 is 10.0 Å². The lowest BCUT2D eigenvalue weighted by atomic mass is 10.3. The summed E-state index contributed by atoms with van der Waals surface area (Å²) in [5, 5.41) is 4.12. The van der Waals surface area contributed by atoms with Gasteiger partial charge in [0.25, 0.3) is 0 Å².